The molecule has 3 rings (SSSR count). The minimum Gasteiger partial charge on any atom is -0.455 e. The minimum absolute atomic E-state index is 0.184. The number of aromatic nitrogens is 2. The molecule has 0 aliphatic carbocycles. The van der Waals surface area contributed by atoms with E-state index in [1.807, 2.05) is 30.3 Å². The van der Waals surface area contributed by atoms with Gasteiger partial charge >= 0.3 is 0 Å². The number of anilines is 2. The number of carbonyl (C=O) groups excluding carboxylic acids is 1. The lowest BCUT2D eigenvalue weighted by molar-refractivity contribution is -0.113. The first-order valence-corrected chi connectivity index (χ1v) is 9.78. The molecule has 0 spiro atoms. The Hall–Kier alpha value is -2.29. The van der Waals surface area contributed by atoms with Crippen LogP contribution in [0.5, 0.6) is 11.5 Å². The zero-order valence-electron chi connectivity index (χ0n) is 13.7. The van der Waals surface area contributed by atoms with Crippen LogP contribution in [0, 0.1) is 0 Å². The first kappa shape index (κ1) is 18.5. The SMILES string of the molecule is CNc1nnc(SCC(=O)Nc2cc(Cl)ccc2Oc2ccccc2)s1. The summed E-state index contributed by atoms with van der Waals surface area (Å²) in [7, 11) is 1.77. The standard InChI is InChI=1S/C17H15ClN4O2S2/c1-19-16-21-22-17(26-16)25-10-15(23)20-13-9-11(18)7-8-14(13)24-12-5-3-2-4-6-12/h2-9H,10H2,1H3,(H,19,21)(H,20,23). The molecule has 0 aliphatic heterocycles. The summed E-state index contributed by atoms with van der Waals surface area (Å²) in [6.07, 6.45) is 0. The maximum absolute atomic E-state index is 12.3. The highest BCUT2D eigenvalue weighted by molar-refractivity contribution is 8.01. The average Bonchev–Trinajstić information content (AvgIpc) is 3.11. The molecular formula is C17H15ClN4O2S2. The fraction of sp³-hybridized carbons (Fsp3) is 0.118. The first-order valence-electron chi connectivity index (χ1n) is 7.60. The summed E-state index contributed by atoms with van der Waals surface area (Å²) in [4.78, 5) is 12.3. The van der Waals surface area contributed by atoms with Crippen molar-refractivity contribution >= 4 is 51.4 Å². The van der Waals surface area contributed by atoms with Crippen LogP contribution in [0.1, 0.15) is 0 Å². The van der Waals surface area contributed by atoms with Crippen molar-refractivity contribution in [1.29, 1.82) is 0 Å². The van der Waals surface area contributed by atoms with Gasteiger partial charge in [0.15, 0.2) is 10.1 Å². The number of nitrogens with one attached hydrogen (secondary N) is 2. The highest BCUT2D eigenvalue weighted by atomic mass is 35.5. The number of nitrogens with zero attached hydrogens (tertiary/aromatic N) is 2. The van der Waals surface area contributed by atoms with Crippen molar-refractivity contribution < 1.29 is 9.53 Å². The monoisotopic (exact) mass is 406 g/mol. The number of amides is 1. The third-order valence-corrected chi connectivity index (χ3v) is 5.44. The Labute approximate surface area is 163 Å². The zero-order chi connectivity index (χ0) is 18.4. The molecular weight excluding hydrogens is 392 g/mol. The molecule has 9 heteroatoms. The van der Waals surface area contributed by atoms with Gasteiger partial charge in [-0.25, -0.2) is 0 Å². The van der Waals surface area contributed by atoms with Gasteiger partial charge in [0.25, 0.3) is 0 Å². The van der Waals surface area contributed by atoms with Gasteiger partial charge < -0.3 is 15.4 Å². The van der Waals surface area contributed by atoms with Gasteiger partial charge in [0.2, 0.25) is 11.0 Å². The third-order valence-electron chi connectivity index (χ3n) is 3.13. The van der Waals surface area contributed by atoms with E-state index in [0.29, 0.717) is 27.3 Å². The molecule has 0 saturated heterocycles. The van der Waals surface area contributed by atoms with Crippen LogP contribution in [0.2, 0.25) is 5.02 Å². The molecule has 134 valence electrons. The normalized spacial score (nSPS) is 10.4. The number of carbonyl (C=O) groups is 1. The molecule has 1 aromatic heterocycles. The van der Waals surface area contributed by atoms with Crippen LogP contribution in [0.25, 0.3) is 0 Å². The molecule has 26 heavy (non-hydrogen) atoms. The Kier molecular flexibility index (Phi) is 6.32. The minimum atomic E-state index is -0.184. The Morgan fingerprint density at radius 2 is 2.04 bits per heavy atom. The highest BCUT2D eigenvalue weighted by Gasteiger charge is 2.12. The number of hydrogen-bond acceptors (Lipinski definition) is 7. The highest BCUT2D eigenvalue weighted by Crippen LogP contribution is 2.32. The lowest BCUT2D eigenvalue weighted by Crippen LogP contribution is -2.14. The number of halogens is 1. The largest absolute Gasteiger partial charge is 0.455 e. The van der Waals surface area contributed by atoms with Crippen LogP contribution in [0.15, 0.2) is 52.9 Å². The molecule has 0 aliphatic rings. The van der Waals surface area contributed by atoms with Crippen LogP contribution in [-0.2, 0) is 4.79 Å². The van der Waals surface area contributed by atoms with Gasteiger partial charge in [0.05, 0.1) is 11.4 Å². The van der Waals surface area contributed by atoms with E-state index in [-0.39, 0.29) is 11.7 Å². The van der Waals surface area contributed by atoms with E-state index in [4.69, 9.17) is 16.3 Å². The summed E-state index contributed by atoms with van der Waals surface area (Å²) in [5.41, 5.74) is 0.514. The quantitative estimate of drug-likeness (QED) is 0.551. The fourth-order valence-corrected chi connectivity index (χ4v) is 3.66. The van der Waals surface area contributed by atoms with Crippen molar-refractivity contribution in [3.05, 3.63) is 53.6 Å². The van der Waals surface area contributed by atoms with Crippen molar-refractivity contribution in [3.8, 4) is 11.5 Å². The van der Waals surface area contributed by atoms with Crippen LogP contribution >= 0.6 is 34.7 Å². The number of rotatable bonds is 7. The summed E-state index contributed by atoms with van der Waals surface area (Å²) >= 11 is 8.77. The summed E-state index contributed by atoms with van der Waals surface area (Å²) in [6.45, 7) is 0. The van der Waals surface area contributed by atoms with Crippen LogP contribution in [0.4, 0.5) is 10.8 Å². The van der Waals surface area contributed by atoms with Gasteiger partial charge in [-0.1, -0.05) is 52.9 Å². The Morgan fingerprint density at radius 1 is 1.23 bits per heavy atom. The molecule has 0 bridgehead atoms. The average molecular weight is 407 g/mol. The summed E-state index contributed by atoms with van der Waals surface area (Å²) in [6, 6.07) is 14.4. The first-order chi connectivity index (χ1) is 12.6. The number of thioether (sulfide) groups is 1. The van der Waals surface area contributed by atoms with E-state index >= 15 is 0 Å². The molecule has 3 aromatic rings. The zero-order valence-corrected chi connectivity index (χ0v) is 16.1. The second-order valence-corrected chi connectivity index (χ2v) is 7.65. The van der Waals surface area contributed by atoms with Crippen LogP contribution in [0.3, 0.4) is 0 Å². The van der Waals surface area contributed by atoms with Crippen molar-refractivity contribution in [2.24, 2.45) is 0 Å². The predicted molar refractivity (Wildman–Crippen MR) is 107 cm³/mol. The number of benzene rings is 2. The second kappa shape index (κ2) is 8.88. The molecule has 0 fully saturated rings. The Morgan fingerprint density at radius 3 is 2.77 bits per heavy atom. The Bertz CT molecular complexity index is 889. The van der Waals surface area contributed by atoms with Crippen molar-refractivity contribution in [3.63, 3.8) is 0 Å². The molecule has 1 amide bonds. The molecule has 0 atom stereocenters. The van der Waals surface area contributed by atoms with Gasteiger partial charge in [0.1, 0.15) is 5.75 Å². The van der Waals surface area contributed by atoms with Crippen LogP contribution in [-0.4, -0.2) is 28.9 Å². The molecule has 1 heterocycles. The molecule has 2 aromatic carbocycles. The summed E-state index contributed by atoms with van der Waals surface area (Å²) < 4.78 is 6.56. The lowest BCUT2D eigenvalue weighted by Gasteiger charge is -2.12. The van der Waals surface area contributed by atoms with E-state index in [1.165, 1.54) is 23.1 Å². The molecule has 2 N–H and O–H groups in total. The maximum Gasteiger partial charge on any atom is 0.234 e. The summed E-state index contributed by atoms with van der Waals surface area (Å²) in [5.74, 6) is 1.21. The predicted octanol–water partition coefficient (Wildman–Crippen LogP) is 4.76. The molecule has 0 saturated carbocycles. The van der Waals surface area contributed by atoms with E-state index in [9.17, 15) is 4.79 Å². The third kappa shape index (κ3) is 5.10. The van der Waals surface area contributed by atoms with E-state index < -0.39 is 0 Å². The van der Waals surface area contributed by atoms with Crippen molar-refractivity contribution in [2.45, 2.75) is 4.34 Å². The van der Waals surface area contributed by atoms with Crippen molar-refractivity contribution in [1.82, 2.24) is 10.2 Å². The van der Waals surface area contributed by atoms with Gasteiger partial charge in [-0.05, 0) is 30.3 Å². The maximum atomic E-state index is 12.3. The number of hydrogen-bond donors (Lipinski definition) is 2. The second-order valence-electron chi connectivity index (χ2n) is 5.02. The molecule has 0 unspecified atom stereocenters. The Balaban J connectivity index is 1.66. The molecule has 0 radical (unpaired) electrons. The van der Waals surface area contributed by atoms with E-state index in [0.717, 1.165) is 4.34 Å². The number of para-hydroxylation sites is 1. The van der Waals surface area contributed by atoms with Gasteiger partial charge in [0, 0.05) is 12.1 Å². The van der Waals surface area contributed by atoms with Gasteiger partial charge in [-0.15, -0.1) is 10.2 Å². The van der Waals surface area contributed by atoms with Gasteiger partial charge in [-0.3, -0.25) is 4.79 Å². The van der Waals surface area contributed by atoms with Crippen molar-refractivity contribution in [2.75, 3.05) is 23.4 Å². The van der Waals surface area contributed by atoms with E-state index in [1.54, 1.807) is 25.2 Å². The smallest absolute Gasteiger partial charge is 0.234 e. The topological polar surface area (TPSA) is 76.1 Å². The summed E-state index contributed by atoms with van der Waals surface area (Å²) in [5, 5.41) is 14.9. The number of ether oxygens (including phenoxy) is 1. The van der Waals surface area contributed by atoms with Gasteiger partial charge in [-0.2, -0.15) is 0 Å². The van der Waals surface area contributed by atoms with Crippen LogP contribution < -0.4 is 15.4 Å². The fourth-order valence-electron chi connectivity index (χ4n) is 1.99. The van der Waals surface area contributed by atoms with E-state index in [2.05, 4.69) is 20.8 Å². The lowest BCUT2D eigenvalue weighted by atomic mass is 10.3. The molecule has 6 nitrogen and oxygen atoms in total.